The average molecular weight is 556 g/mol. The number of benzene rings is 3. The molecule has 5 heteroatoms. The summed E-state index contributed by atoms with van der Waals surface area (Å²) in [6.45, 7) is 16.0. The Morgan fingerprint density at radius 3 is 2.00 bits per heavy atom. The smallest absolute Gasteiger partial charge is 0.246 e. The number of likely N-dealkylation sites (N-methyl/N-ethyl adjacent to an activating group) is 2. The molecular formula is C36H49N3O2. The van der Waals surface area contributed by atoms with Crippen molar-refractivity contribution in [2.24, 2.45) is 0 Å². The van der Waals surface area contributed by atoms with Gasteiger partial charge in [0.05, 0.1) is 0 Å². The van der Waals surface area contributed by atoms with Crippen LogP contribution in [-0.4, -0.2) is 70.1 Å². The predicted octanol–water partition coefficient (Wildman–Crippen LogP) is 6.46. The van der Waals surface area contributed by atoms with Gasteiger partial charge in [0.1, 0.15) is 17.8 Å². The quantitative estimate of drug-likeness (QED) is 0.303. The van der Waals surface area contributed by atoms with Gasteiger partial charge >= 0.3 is 0 Å². The lowest BCUT2D eigenvalue weighted by atomic mass is 9.67. The maximum atomic E-state index is 15.2. The highest BCUT2D eigenvalue weighted by Gasteiger charge is 2.55. The van der Waals surface area contributed by atoms with Crippen LogP contribution in [0.25, 0.3) is 0 Å². The van der Waals surface area contributed by atoms with Crippen molar-refractivity contribution in [3.63, 3.8) is 0 Å². The molecule has 3 aromatic carbocycles. The maximum absolute atomic E-state index is 15.2. The topological polar surface area (TPSA) is 36.0 Å². The fourth-order valence-corrected chi connectivity index (χ4v) is 5.64. The molecule has 0 radical (unpaired) electrons. The molecule has 0 N–H and O–H groups in total. The van der Waals surface area contributed by atoms with Crippen molar-refractivity contribution >= 4 is 11.6 Å². The summed E-state index contributed by atoms with van der Waals surface area (Å²) >= 11 is 0. The standard InChI is InChI=1S/C36H49N3O2/c1-34(2,3)26-14-13-15-28(24-26)36(29-16-11-12-17-31(29)39(33(36)40)21-20-37(7)8)30-25-27(35(4,5)6)18-19-32(30)41-23-22-38(9)10/h11-19,24-25H,20-23H2,1-10H3. The Hall–Kier alpha value is -3.15. The number of ether oxygens (including phenoxy) is 1. The number of hydrogen-bond donors (Lipinski definition) is 0. The molecule has 0 bridgehead atoms. The number of carbonyl (C=O) groups excluding carboxylic acids is 1. The molecule has 5 nitrogen and oxygen atoms in total. The van der Waals surface area contributed by atoms with Crippen molar-refractivity contribution in [2.75, 3.05) is 59.3 Å². The van der Waals surface area contributed by atoms with E-state index < -0.39 is 5.41 Å². The zero-order valence-corrected chi connectivity index (χ0v) is 26.8. The molecule has 0 spiro atoms. The molecular weight excluding hydrogens is 506 g/mol. The van der Waals surface area contributed by atoms with Crippen LogP contribution < -0.4 is 9.64 Å². The number of nitrogens with zero attached hydrogens (tertiary/aromatic N) is 3. The summed E-state index contributed by atoms with van der Waals surface area (Å²) < 4.78 is 6.55. The van der Waals surface area contributed by atoms with Gasteiger partial charge in [-0.05, 0) is 73.9 Å². The molecule has 1 heterocycles. The molecule has 1 atom stereocenters. The molecule has 0 saturated carbocycles. The molecule has 0 saturated heterocycles. The fraction of sp³-hybridized carbons (Fsp3) is 0.472. The lowest BCUT2D eigenvalue weighted by Gasteiger charge is -2.34. The minimum Gasteiger partial charge on any atom is -0.492 e. The zero-order valence-electron chi connectivity index (χ0n) is 26.8. The normalized spacial score (nSPS) is 17.5. The lowest BCUT2D eigenvalue weighted by molar-refractivity contribution is -0.120. The first kappa shape index (κ1) is 30.8. The van der Waals surface area contributed by atoms with Crippen molar-refractivity contribution in [3.8, 4) is 5.75 Å². The fourth-order valence-electron chi connectivity index (χ4n) is 5.64. The van der Waals surface area contributed by atoms with E-state index in [0.717, 1.165) is 41.2 Å². The first-order valence-electron chi connectivity index (χ1n) is 14.8. The van der Waals surface area contributed by atoms with Crippen LogP contribution in [0, 0.1) is 0 Å². The number of fused-ring (bicyclic) bond motifs is 1. The van der Waals surface area contributed by atoms with E-state index in [1.807, 2.05) is 25.1 Å². The van der Waals surface area contributed by atoms with Crippen molar-refractivity contribution in [2.45, 2.75) is 57.8 Å². The van der Waals surface area contributed by atoms with Crippen LogP contribution in [0.2, 0.25) is 0 Å². The maximum Gasteiger partial charge on any atom is 0.246 e. The Bertz CT molecular complexity index is 1380. The highest BCUT2D eigenvalue weighted by atomic mass is 16.5. The van der Waals surface area contributed by atoms with E-state index in [1.165, 1.54) is 11.1 Å². The second-order valence-corrected chi connectivity index (χ2v) is 14.0. The van der Waals surface area contributed by atoms with Gasteiger partial charge in [-0.2, -0.15) is 0 Å². The Morgan fingerprint density at radius 2 is 1.37 bits per heavy atom. The van der Waals surface area contributed by atoms with Crippen LogP contribution in [0.15, 0.2) is 66.7 Å². The van der Waals surface area contributed by atoms with Crippen LogP contribution in [0.1, 0.15) is 69.4 Å². The van der Waals surface area contributed by atoms with Crippen molar-refractivity contribution in [3.05, 3.63) is 94.5 Å². The summed E-state index contributed by atoms with van der Waals surface area (Å²) in [5, 5.41) is 0. The van der Waals surface area contributed by atoms with Crippen molar-refractivity contribution in [1.82, 2.24) is 9.80 Å². The predicted molar refractivity (Wildman–Crippen MR) is 172 cm³/mol. The van der Waals surface area contributed by atoms with Crippen molar-refractivity contribution in [1.29, 1.82) is 0 Å². The molecule has 0 aromatic heterocycles. The third kappa shape index (κ3) is 6.07. The summed E-state index contributed by atoms with van der Waals surface area (Å²) in [5.41, 5.74) is 5.05. The largest absolute Gasteiger partial charge is 0.492 e. The van der Waals surface area contributed by atoms with Gasteiger partial charge in [-0.1, -0.05) is 90.1 Å². The molecule has 41 heavy (non-hydrogen) atoms. The third-order valence-corrected chi connectivity index (χ3v) is 8.14. The van der Waals surface area contributed by atoms with E-state index in [-0.39, 0.29) is 16.7 Å². The molecule has 0 aliphatic carbocycles. The number of para-hydroxylation sites is 1. The average Bonchev–Trinajstić information content (AvgIpc) is 3.14. The Kier molecular flexibility index (Phi) is 8.73. The van der Waals surface area contributed by atoms with Crippen molar-refractivity contribution < 1.29 is 9.53 Å². The van der Waals surface area contributed by atoms with E-state index in [4.69, 9.17) is 4.74 Å². The third-order valence-electron chi connectivity index (χ3n) is 8.14. The molecule has 3 aromatic rings. The summed E-state index contributed by atoms with van der Waals surface area (Å²) in [7, 11) is 8.20. The lowest BCUT2D eigenvalue weighted by Crippen LogP contribution is -2.44. The van der Waals surface area contributed by atoms with Crippen LogP contribution in [0.4, 0.5) is 5.69 Å². The van der Waals surface area contributed by atoms with Crippen LogP contribution in [0.5, 0.6) is 5.75 Å². The van der Waals surface area contributed by atoms with E-state index in [1.54, 1.807) is 0 Å². The van der Waals surface area contributed by atoms with Gasteiger partial charge in [0, 0.05) is 36.4 Å². The van der Waals surface area contributed by atoms with Gasteiger partial charge in [0.2, 0.25) is 5.91 Å². The molecule has 0 fully saturated rings. The number of anilines is 1. The monoisotopic (exact) mass is 555 g/mol. The molecule has 4 rings (SSSR count). The molecule has 1 aliphatic heterocycles. The molecule has 1 unspecified atom stereocenters. The summed E-state index contributed by atoms with van der Waals surface area (Å²) in [6.07, 6.45) is 0. The summed E-state index contributed by atoms with van der Waals surface area (Å²) in [6, 6.07) is 23.5. The van der Waals surface area contributed by atoms with Gasteiger partial charge in [0.15, 0.2) is 0 Å². The van der Waals surface area contributed by atoms with E-state index >= 15 is 4.79 Å². The van der Waals surface area contributed by atoms with E-state index in [9.17, 15) is 0 Å². The zero-order chi connectivity index (χ0) is 30.2. The summed E-state index contributed by atoms with van der Waals surface area (Å²) in [4.78, 5) is 21.4. The van der Waals surface area contributed by atoms with E-state index in [2.05, 4.69) is 126 Å². The van der Waals surface area contributed by atoms with Crippen LogP contribution in [0.3, 0.4) is 0 Å². The second-order valence-electron chi connectivity index (χ2n) is 14.0. The minimum atomic E-state index is -1.04. The number of amides is 1. The first-order valence-corrected chi connectivity index (χ1v) is 14.8. The molecule has 220 valence electrons. The van der Waals surface area contributed by atoms with Gasteiger partial charge in [-0.15, -0.1) is 0 Å². The highest BCUT2D eigenvalue weighted by Crippen LogP contribution is 2.53. The van der Waals surface area contributed by atoms with Crippen LogP contribution in [-0.2, 0) is 21.0 Å². The highest BCUT2D eigenvalue weighted by molar-refractivity contribution is 6.13. The number of rotatable bonds is 9. The number of carbonyl (C=O) groups is 1. The SMILES string of the molecule is CN(C)CCOc1ccc(C(C)(C)C)cc1C1(c2cccc(C(C)(C)C)c2)C(=O)N(CCN(C)C)c2ccccc21. The van der Waals surface area contributed by atoms with Gasteiger partial charge in [-0.3, -0.25) is 4.79 Å². The molecule has 1 amide bonds. The first-order chi connectivity index (χ1) is 19.2. The van der Waals surface area contributed by atoms with Gasteiger partial charge < -0.3 is 19.4 Å². The molecule has 1 aliphatic rings. The van der Waals surface area contributed by atoms with Gasteiger partial charge in [-0.25, -0.2) is 0 Å². The minimum absolute atomic E-state index is 0.0682. The van der Waals surface area contributed by atoms with Gasteiger partial charge in [0.25, 0.3) is 0 Å². The van der Waals surface area contributed by atoms with E-state index in [0.29, 0.717) is 13.2 Å². The summed E-state index contributed by atoms with van der Waals surface area (Å²) in [5.74, 6) is 0.841. The van der Waals surface area contributed by atoms with Crippen LogP contribution >= 0.6 is 0 Å². The Balaban J connectivity index is 2.09. The second kappa shape index (κ2) is 11.6. The number of hydrogen-bond acceptors (Lipinski definition) is 4. The Morgan fingerprint density at radius 1 is 0.732 bits per heavy atom. The Labute approximate surface area is 248 Å².